The molecule has 0 saturated heterocycles. The van der Waals surface area contributed by atoms with Crippen molar-refractivity contribution in [1.29, 1.82) is 0 Å². The average molecular weight is 264 g/mol. The molecule has 19 heavy (non-hydrogen) atoms. The Morgan fingerprint density at radius 3 is 2.11 bits per heavy atom. The van der Waals surface area contributed by atoms with Crippen molar-refractivity contribution >= 4 is 11.9 Å². The van der Waals surface area contributed by atoms with E-state index in [2.05, 4.69) is 6.58 Å². The molecule has 4 heteroatoms. The monoisotopic (exact) mass is 264 g/mol. The molecule has 0 bridgehead atoms. The fourth-order valence-corrected chi connectivity index (χ4v) is 0.927. The van der Waals surface area contributed by atoms with E-state index in [4.69, 9.17) is 9.84 Å². The Labute approximate surface area is 113 Å². The van der Waals surface area contributed by atoms with Crippen molar-refractivity contribution < 1.29 is 19.4 Å². The van der Waals surface area contributed by atoms with Crippen LogP contribution in [0.25, 0.3) is 0 Å². The maximum Gasteiger partial charge on any atom is 0.335 e. The van der Waals surface area contributed by atoms with Crippen molar-refractivity contribution in [2.24, 2.45) is 5.41 Å². The number of carbonyl (C=O) groups excluding carboxylic acids is 1. The normalized spacial score (nSPS) is 9.84. The number of hydrogen-bond acceptors (Lipinski definition) is 3. The fraction of sp³-hybridized carbons (Fsp3) is 0.333. The molecular formula is C15H20O4. The molecule has 0 amide bonds. The lowest BCUT2D eigenvalue weighted by molar-refractivity contribution is -0.140. The lowest BCUT2D eigenvalue weighted by Gasteiger charge is -2.16. The Bertz CT molecular complexity index is 416. The third kappa shape index (κ3) is 9.59. The predicted molar refractivity (Wildman–Crippen MR) is 74.0 cm³/mol. The van der Waals surface area contributed by atoms with Crippen LogP contribution in [-0.2, 0) is 9.53 Å². The summed E-state index contributed by atoms with van der Waals surface area (Å²) < 4.78 is 4.80. The molecule has 0 aromatic heterocycles. The highest BCUT2D eigenvalue weighted by molar-refractivity contribution is 5.87. The molecule has 0 atom stereocenters. The number of carbonyl (C=O) groups is 2. The molecule has 0 aliphatic heterocycles. The number of benzene rings is 1. The number of hydrogen-bond donors (Lipinski definition) is 1. The lowest BCUT2D eigenvalue weighted by Crippen LogP contribution is -2.16. The summed E-state index contributed by atoms with van der Waals surface area (Å²) in [6.07, 6.45) is 1.17. The van der Waals surface area contributed by atoms with Gasteiger partial charge < -0.3 is 9.84 Å². The Kier molecular flexibility index (Phi) is 7.19. The van der Waals surface area contributed by atoms with Gasteiger partial charge in [-0.1, -0.05) is 45.5 Å². The molecule has 0 saturated carbocycles. The summed E-state index contributed by atoms with van der Waals surface area (Å²) in [6, 6.07) is 8.30. The van der Waals surface area contributed by atoms with E-state index >= 15 is 0 Å². The second-order valence-electron chi connectivity index (χ2n) is 5.04. The maximum atomic E-state index is 10.5. The van der Waals surface area contributed by atoms with Gasteiger partial charge in [-0.3, -0.25) is 0 Å². The van der Waals surface area contributed by atoms with Gasteiger partial charge in [-0.15, -0.1) is 0 Å². The van der Waals surface area contributed by atoms with E-state index < -0.39 is 5.97 Å². The molecule has 1 aromatic carbocycles. The Morgan fingerprint density at radius 2 is 1.79 bits per heavy atom. The van der Waals surface area contributed by atoms with Crippen LogP contribution in [0.5, 0.6) is 0 Å². The number of rotatable bonds is 3. The zero-order chi connectivity index (χ0) is 14.9. The van der Waals surface area contributed by atoms with Crippen LogP contribution in [0.2, 0.25) is 0 Å². The van der Waals surface area contributed by atoms with E-state index in [0.29, 0.717) is 12.2 Å². The number of ether oxygens (including phenoxy) is 1. The molecule has 0 aliphatic carbocycles. The van der Waals surface area contributed by atoms with E-state index in [9.17, 15) is 9.59 Å². The largest absolute Gasteiger partial charge is 0.478 e. The van der Waals surface area contributed by atoms with E-state index in [1.54, 1.807) is 30.3 Å². The van der Waals surface area contributed by atoms with E-state index in [1.807, 2.05) is 20.8 Å². The first-order valence-electron chi connectivity index (χ1n) is 5.84. The highest BCUT2D eigenvalue weighted by Gasteiger charge is 2.11. The first-order chi connectivity index (χ1) is 8.76. The van der Waals surface area contributed by atoms with Crippen LogP contribution in [0, 0.1) is 5.41 Å². The SMILES string of the molecule is C=CC(=O)OCC(C)(C)C.O=C(O)c1ccccc1. The topological polar surface area (TPSA) is 63.6 Å². The highest BCUT2D eigenvalue weighted by Crippen LogP contribution is 2.12. The van der Waals surface area contributed by atoms with Crippen molar-refractivity contribution in [3.05, 3.63) is 48.6 Å². The second kappa shape index (κ2) is 8.08. The predicted octanol–water partition coefficient (Wildman–Crippen LogP) is 3.15. The van der Waals surface area contributed by atoms with Gasteiger partial charge in [0.15, 0.2) is 0 Å². The van der Waals surface area contributed by atoms with Crippen molar-refractivity contribution in [1.82, 2.24) is 0 Å². The standard InChI is InChI=1S/C8H14O2.C7H6O2/c1-5-7(9)10-6-8(2,3)4;8-7(9)6-4-2-1-3-5-6/h5H,1,6H2,2-4H3;1-5H,(H,8,9). The fourth-order valence-electron chi connectivity index (χ4n) is 0.927. The second-order valence-corrected chi connectivity index (χ2v) is 5.04. The molecule has 1 rings (SSSR count). The van der Waals surface area contributed by atoms with Gasteiger partial charge in [-0.25, -0.2) is 9.59 Å². The van der Waals surface area contributed by atoms with Crippen LogP contribution in [-0.4, -0.2) is 23.7 Å². The molecule has 0 spiro atoms. The van der Waals surface area contributed by atoms with Gasteiger partial charge >= 0.3 is 11.9 Å². The van der Waals surface area contributed by atoms with Crippen LogP contribution < -0.4 is 0 Å². The summed E-state index contributed by atoms with van der Waals surface area (Å²) in [6.45, 7) is 9.74. The number of aromatic carboxylic acids is 1. The summed E-state index contributed by atoms with van der Waals surface area (Å²) in [5.74, 6) is -1.23. The third-order valence-corrected chi connectivity index (χ3v) is 1.83. The van der Waals surface area contributed by atoms with Crippen molar-refractivity contribution in [2.75, 3.05) is 6.61 Å². The maximum absolute atomic E-state index is 10.5. The molecule has 0 fully saturated rings. The lowest BCUT2D eigenvalue weighted by atomic mass is 9.99. The van der Waals surface area contributed by atoms with Gasteiger partial charge in [0.2, 0.25) is 0 Å². The Balaban J connectivity index is 0.000000342. The molecule has 4 nitrogen and oxygen atoms in total. The average Bonchev–Trinajstić information content (AvgIpc) is 2.37. The Hall–Kier alpha value is -2.10. The van der Waals surface area contributed by atoms with Crippen LogP contribution in [0.15, 0.2) is 43.0 Å². The number of carboxylic acids is 1. The summed E-state index contributed by atoms with van der Waals surface area (Å²) >= 11 is 0. The number of carboxylic acid groups (broad SMARTS) is 1. The Morgan fingerprint density at radius 1 is 1.26 bits per heavy atom. The quantitative estimate of drug-likeness (QED) is 0.673. The molecule has 1 aromatic rings. The molecule has 0 heterocycles. The van der Waals surface area contributed by atoms with Gasteiger partial charge in [0, 0.05) is 6.08 Å². The van der Waals surface area contributed by atoms with Gasteiger partial charge in [-0.2, -0.15) is 0 Å². The molecule has 0 aliphatic rings. The van der Waals surface area contributed by atoms with Gasteiger partial charge in [-0.05, 0) is 17.5 Å². The zero-order valence-electron chi connectivity index (χ0n) is 11.6. The number of esters is 1. The van der Waals surface area contributed by atoms with Crippen molar-refractivity contribution in [3.8, 4) is 0 Å². The van der Waals surface area contributed by atoms with Crippen LogP contribution in [0.4, 0.5) is 0 Å². The summed E-state index contributed by atoms with van der Waals surface area (Å²) in [5, 5.41) is 8.38. The van der Waals surface area contributed by atoms with E-state index in [0.717, 1.165) is 0 Å². The van der Waals surface area contributed by atoms with E-state index in [1.165, 1.54) is 6.08 Å². The minimum atomic E-state index is -0.879. The van der Waals surface area contributed by atoms with Crippen molar-refractivity contribution in [2.45, 2.75) is 20.8 Å². The molecule has 0 unspecified atom stereocenters. The molecule has 104 valence electrons. The molecule has 0 radical (unpaired) electrons. The van der Waals surface area contributed by atoms with Crippen molar-refractivity contribution in [3.63, 3.8) is 0 Å². The first-order valence-corrected chi connectivity index (χ1v) is 5.84. The summed E-state index contributed by atoms with van der Waals surface area (Å²) in [4.78, 5) is 20.7. The highest BCUT2D eigenvalue weighted by atomic mass is 16.5. The van der Waals surface area contributed by atoms with Gasteiger partial charge in [0.1, 0.15) is 0 Å². The summed E-state index contributed by atoms with van der Waals surface area (Å²) in [5.41, 5.74) is 0.371. The van der Waals surface area contributed by atoms with Gasteiger partial charge in [0.05, 0.1) is 12.2 Å². The first kappa shape index (κ1) is 16.9. The molecular weight excluding hydrogens is 244 g/mol. The molecule has 1 N–H and O–H groups in total. The minimum absolute atomic E-state index is 0.0403. The smallest absolute Gasteiger partial charge is 0.335 e. The van der Waals surface area contributed by atoms with Crippen LogP contribution >= 0.6 is 0 Å². The third-order valence-electron chi connectivity index (χ3n) is 1.83. The minimum Gasteiger partial charge on any atom is -0.478 e. The van der Waals surface area contributed by atoms with Crippen LogP contribution in [0.1, 0.15) is 31.1 Å². The van der Waals surface area contributed by atoms with E-state index in [-0.39, 0.29) is 11.4 Å². The van der Waals surface area contributed by atoms with Crippen LogP contribution in [0.3, 0.4) is 0 Å². The summed E-state index contributed by atoms with van der Waals surface area (Å²) in [7, 11) is 0. The zero-order valence-corrected chi connectivity index (χ0v) is 11.6. The van der Waals surface area contributed by atoms with Gasteiger partial charge in [0.25, 0.3) is 0 Å².